The molecule has 18 rings (SSSR count). The maximum atomic E-state index is 5.25. The summed E-state index contributed by atoms with van der Waals surface area (Å²) in [5.74, 6) is 1.82. The third kappa shape index (κ3) is 9.30. The van der Waals surface area contributed by atoms with Crippen molar-refractivity contribution in [2.24, 2.45) is 0 Å². The molecule has 4 nitrogen and oxygen atoms in total. The standard InChI is InChI=1S/C90H58N4/c1-5-21-59(22-6-1)61-37-41-64(42-38-61)87-75-31-15-13-29-73(75)85(63-45-47-68(48-46-63)90-92-81-33-17-19-35-83(81)93(90)71-27-11-4-12-28-71)77-55-51-69(57-79(77)87)70-52-56-78-80(58-70)88(65-43-39-62(40-44-65)60-23-7-2-8-24-60)76-32-16-14-30-74(76)86(78)66-49-53-72(54-50-66)94-84-36-20-18-34-82(84)91-89(94)67-25-9-3-10-26-67/h1-58H. The summed E-state index contributed by atoms with van der Waals surface area (Å²) in [7, 11) is 0. The van der Waals surface area contributed by atoms with Gasteiger partial charge in [-0.15, -0.1) is 0 Å². The topological polar surface area (TPSA) is 35.6 Å². The predicted octanol–water partition coefficient (Wildman–Crippen LogP) is 24.0. The number of benzene rings is 16. The molecule has 18 aromatic rings. The minimum Gasteiger partial charge on any atom is -0.292 e. The Morgan fingerprint density at radius 1 is 0.170 bits per heavy atom. The van der Waals surface area contributed by atoms with Crippen LogP contribution in [0, 0.1) is 0 Å². The van der Waals surface area contributed by atoms with Crippen molar-refractivity contribution < 1.29 is 0 Å². The SMILES string of the molecule is c1ccc(-c2ccc(-c3c4ccccc4c(-c4ccc(-c5nc6ccccc6n5-c5ccccc5)cc4)c4ccc(-c5ccc6c(-c7ccc(-n8c(-c9ccccc9)nc9ccccc98)cc7)c7ccccc7c(-c7ccc(-c8ccccc8)cc7)c6c5)cc34)cc2)cc1. The van der Waals surface area contributed by atoms with Gasteiger partial charge in [0, 0.05) is 22.5 Å². The Labute approximate surface area is 544 Å². The number of rotatable bonds is 11. The third-order valence-corrected chi connectivity index (χ3v) is 19.0. The Morgan fingerprint density at radius 3 is 0.830 bits per heavy atom. The van der Waals surface area contributed by atoms with Crippen LogP contribution < -0.4 is 0 Å². The number of imidazole rings is 2. The first-order valence-corrected chi connectivity index (χ1v) is 32.2. The van der Waals surface area contributed by atoms with E-state index in [0.717, 1.165) is 78.5 Å². The zero-order valence-electron chi connectivity index (χ0n) is 51.3. The zero-order valence-corrected chi connectivity index (χ0v) is 51.3. The molecule has 0 saturated heterocycles. The van der Waals surface area contributed by atoms with Crippen LogP contribution in [-0.4, -0.2) is 19.1 Å². The number of fused-ring (bicyclic) bond motifs is 6. The lowest BCUT2D eigenvalue weighted by Crippen LogP contribution is -1.98. The summed E-state index contributed by atoms with van der Waals surface area (Å²) in [5, 5.41) is 9.54. The molecule has 0 aliphatic rings. The summed E-state index contributed by atoms with van der Waals surface area (Å²) >= 11 is 0. The Morgan fingerprint density at radius 2 is 0.426 bits per heavy atom. The first-order chi connectivity index (χ1) is 46.6. The van der Waals surface area contributed by atoms with E-state index in [4.69, 9.17) is 9.97 Å². The van der Waals surface area contributed by atoms with E-state index in [1.54, 1.807) is 0 Å². The third-order valence-electron chi connectivity index (χ3n) is 19.0. The molecular formula is C90H58N4. The minimum atomic E-state index is 0.908. The lowest BCUT2D eigenvalue weighted by atomic mass is 9.83. The van der Waals surface area contributed by atoms with Gasteiger partial charge in [-0.25, -0.2) is 9.97 Å². The van der Waals surface area contributed by atoms with E-state index in [1.807, 2.05) is 0 Å². The number of nitrogens with zero attached hydrogens (tertiary/aromatic N) is 4. The highest BCUT2D eigenvalue weighted by Gasteiger charge is 2.23. The monoisotopic (exact) mass is 1190 g/mol. The molecule has 94 heavy (non-hydrogen) atoms. The largest absolute Gasteiger partial charge is 0.292 e. The van der Waals surface area contributed by atoms with Crippen LogP contribution in [0.4, 0.5) is 0 Å². The Kier molecular flexibility index (Phi) is 13.2. The predicted molar refractivity (Wildman–Crippen MR) is 395 cm³/mol. The summed E-state index contributed by atoms with van der Waals surface area (Å²) in [6.45, 7) is 0. The van der Waals surface area contributed by atoms with Crippen molar-refractivity contribution >= 4 is 65.2 Å². The zero-order chi connectivity index (χ0) is 62.1. The Bertz CT molecular complexity index is 5890. The van der Waals surface area contributed by atoms with Gasteiger partial charge in [-0.1, -0.05) is 291 Å². The molecule has 0 spiro atoms. The summed E-state index contributed by atoms with van der Waals surface area (Å²) in [4.78, 5) is 10.4. The van der Waals surface area contributed by atoms with Gasteiger partial charge in [-0.3, -0.25) is 9.13 Å². The van der Waals surface area contributed by atoms with Crippen molar-refractivity contribution in [2.75, 3.05) is 0 Å². The van der Waals surface area contributed by atoms with Crippen LogP contribution in [-0.2, 0) is 0 Å². The normalized spacial score (nSPS) is 11.6. The first-order valence-electron chi connectivity index (χ1n) is 32.2. The molecule has 0 atom stereocenters. The second kappa shape index (κ2) is 22.8. The second-order valence-corrected chi connectivity index (χ2v) is 24.3. The molecule has 0 aliphatic carbocycles. The van der Waals surface area contributed by atoms with Crippen LogP contribution in [0.15, 0.2) is 352 Å². The highest BCUT2D eigenvalue weighted by Crippen LogP contribution is 2.49. The molecule has 0 aliphatic heterocycles. The Balaban J connectivity index is 0.836. The molecule has 438 valence electrons. The number of hydrogen-bond donors (Lipinski definition) is 0. The fraction of sp³-hybridized carbons (Fsp3) is 0. The van der Waals surface area contributed by atoms with E-state index in [-0.39, 0.29) is 0 Å². The average Bonchev–Trinajstić information content (AvgIpc) is 1.02. The fourth-order valence-electron chi connectivity index (χ4n) is 14.6. The molecule has 0 radical (unpaired) electrons. The lowest BCUT2D eigenvalue weighted by molar-refractivity contribution is 1.10. The minimum absolute atomic E-state index is 0.908. The Hall–Kier alpha value is -12.5. The maximum Gasteiger partial charge on any atom is 0.145 e. The molecule has 0 unspecified atom stereocenters. The van der Waals surface area contributed by atoms with Gasteiger partial charge in [0.2, 0.25) is 0 Å². The fourth-order valence-corrected chi connectivity index (χ4v) is 14.6. The van der Waals surface area contributed by atoms with Gasteiger partial charge < -0.3 is 0 Å². The van der Waals surface area contributed by atoms with Crippen molar-refractivity contribution in [2.45, 2.75) is 0 Å². The molecule has 0 N–H and O–H groups in total. The van der Waals surface area contributed by atoms with Crippen LogP contribution in [0.2, 0.25) is 0 Å². The lowest BCUT2D eigenvalue weighted by Gasteiger charge is -2.20. The van der Waals surface area contributed by atoms with Crippen molar-refractivity contribution in [3.8, 4) is 112 Å². The summed E-state index contributed by atoms with van der Waals surface area (Å²) in [6, 6.07) is 128. The van der Waals surface area contributed by atoms with Gasteiger partial charge in [0.05, 0.1) is 22.1 Å². The van der Waals surface area contributed by atoms with Gasteiger partial charge in [0.1, 0.15) is 11.6 Å². The van der Waals surface area contributed by atoms with Crippen LogP contribution >= 0.6 is 0 Å². The van der Waals surface area contributed by atoms with E-state index in [9.17, 15) is 0 Å². The van der Waals surface area contributed by atoms with E-state index in [0.29, 0.717) is 0 Å². The van der Waals surface area contributed by atoms with Gasteiger partial charge >= 0.3 is 0 Å². The second-order valence-electron chi connectivity index (χ2n) is 24.3. The maximum absolute atomic E-state index is 5.25. The number of aromatic nitrogens is 4. The molecule has 0 amide bonds. The van der Waals surface area contributed by atoms with Crippen LogP contribution in [0.5, 0.6) is 0 Å². The van der Waals surface area contributed by atoms with E-state index >= 15 is 0 Å². The van der Waals surface area contributed by atoms with E-state index < -0.39 is 0 Å². The van der Waals surface area contributed by atoms with Crippen LogP contribution in [0.25, 0.3) is 177 Å². The van der Waals surface area contributed by atoms with Crippen molar-refractivity contribution in [1.82, 2.24) is 19.1 Å². The van der Waals surface area contributed by atoms with Crippen molar-refractivity contribution in [3.05, 3.63) is 352 Å². The van der Waals surface area contributed by atoms with Gasteiger partial charge in [-0.05, 0) is 182 Å². The van der Waals surface area contributed by atoms with Crippen molar-refractivity contribution in [1.29, 1.82) is 0 Å². The molecule has 4 heteroatoms. The molecule has 2 aromatic heterocycles. The van der Waals surface area contributed by atoms with E-state index in [2.05, 4.69) is 361 Å². The molecule has 0 fully saturated rings. The molecular weight excluding hydrogens is 1140 g/mol. The van der Waals surface area contributed by atoms with Gasteiger partial charge in [-0.2, -0.15) is 0 Å². The number of para-hydroxylation sites is 5. The molecule has 0 saturated carbocycles. The quantitative estimate of drug-likeness (QED) is 0.121. The average molecular weight is 1200 g/mol. The van der Waals surface area contributed by atoms with Crippen LogP contribution in [0.1, 0.15) is 0 Å². The smallest absolute Gasteiger partial charge is 0.145 e. The summed E-state index contributed by atoms with van der Waals surface area (Å²) < 4.78 is 4.57. The molecule has 16 aromatic carbocycles. The summed E-state index contributed by atoms with van der Waals surface area (Å²) in [6.07, 6.45) is 0. The first kappa shape index (κ1) is 54.4. The van der Waals surface area contributed by atoms with E-state index in [1.165, 1.54) is 98.7 Å². The van der Waals surface area contributed by atoms with Crippen molar-refractivity contribution in [3.63, 3.8) is 0 Å². The highest BCUT2D eigenvalue weighted by atomic mass is 15.1. The summed E-state index contributed by atoms with van der Waals surface area (Å²) in [5.41, 5.74) is 24.8. The number of hydrogen-bond acceptors (Lipinski definition) is 2. The van der Waals surface area contributed by atoms with Crippen LogP contribution in [0.3, 0.4) is 0 Å². The van der Waals surface area contributed by atoms with Gasteiger partial charge in [0.15, 0.2) is 0 Å². The highest BCUT2D eigenvalue weighted by molar-refractivity contribution is 6.24. The molecule has 0 bridgehead atoms. The van der Waals surface area contributed by atoms with Gasteiger partial charge in [0.25, 0.3) is 0 Å². The molecule has 2 heterocycles.